The molecule has 2 aromatic carbocycles. The van der Waals surface area contributed by atoms with Crippen LogP contribution < -0.4 is 5.32 Å². The van der Waals surface area contributed by atoms with Gasteiger partial charge in [0.25, 0.3) is 0 Å². The Bertz CT molecular complexity index is 872. The second kappa shape index (κ2) is 7.96. The van der Waals surface area contributed by atoms with Gasteiger partial charge in [-0.25, -0.2) is 0 Å². The molecule has 28 heavy (non-hydrogen) atoms. The molecule has 2 aliphatic rings. The number of carbonyl (C=O) groups excluding carboxylic acids is 2. The smallest absolute Gasteiger partial charge is 0.235 e. The van der Waals surface area contributed by atoms with Crippen LogP contribution in [0, 0.1) is 0 Å². The van der Waals surface area contributed by atoms with Crippen LogP contribution in [0.3, 0.4) is 0 Å². The zero-order valence-electron chi connectivity index (χ0n) is 15.9. The highest BCUT2D eigenvalue weighted by atomic mass is 35.5. The van der Waals surface area contributed by atoms with E-state index >= 15 is 0 Å². The maximum absolute atomic E-state index is 13.3. The van der Waals surface area contributed by atoms with Crippen LogP contribution >= 0.6 is 11.6 Å². The van der Waals surface area contributed by atoms with Crippen molar-refractivity contribution < 1.29 is 9.59 Å². The Morgan fingerprint density at radius 3 is 2.50 bits per heavy atom. The summed E-state index contributed by atoms with van der Waals surface area (Å²) in [6.07, 6.45) is 5.37. The lowest BCUT2D eigenvalue weighted by atomic mass is 9.78. The number of carbonyl (C=O) groups is 2. The quantitative estimate of drug-likeness (QED) is 0.780. The molecule has 0 radical (unpaired) electrons. The van der Waals surface area contributed by atoms with E-state index in [9.17, 15) is 9.59 Å². The highest BCUT2D eigenvalue weighted by Crippen LogP contribution is 2.42. The van der Waals surface area contributed by atoms with Gasteiger partial charge < -0.3 is 10.2 Å². The second-order valence-electron chi connectivity index (χ2n) is 7.87. The van der Waals surface area contributed by atoms with Gasteiger partial charge in [0.1, 0.15) is 0 Å². The van der Waals surface area contributed by atoms with E-state index in [0.717, 1.165) is 55.5 Å². The van der Waals surface area contributed by atoms with E-state index in [1.165, 1.54) is 0 Å². The molecule has 146 valence electrons. The number of benzene rings is 2. The van der Waals surface area contributed by atoms with Gasteiger partial charge in [0.05, 0.1) is 5.41 Å². The first-order valence-electron chi connectivity index (χ1n) is 10.0. The number of nitrogens with one attached hydrogen (secondary N) is 1. The summed E-state index contributed by atoms with van der Waals surface area (Å²) >= 11 is 6.04. The summed E-state index contributed by atoms with van der Waals surface area (Å²) in [7, 11) is 0. The number of amides is 2. The molecule has 1 aliphatic carbocycles. The fraction of sp³-hybridized carbons (Fsp3) is 0.391. The predicted molar refractivity (Wildman–Crippen MR) is 111 cm³/mol. The molecule has 1 aliphatic heterocycles. The highest BCUT2D eigenvalue weighted by Gasteiger charge is 2.42. The number of hydrogen-bond acceptors (Lipinski definition) is 2. The van der Waals surface area contributed by atoms with Crippen molar-refractivity contribution in [1.29, 1.82) is 0 Å². The van der Waals surface area contributed by atoms with Gasteiger partial charge in [0.15, 0.2) is 0 Å². The molecule has 2 aromatic rings. The molecule has 4 nitrogen and oxygen atoms in total. The van der Waals surface area contributed by atoms with Gasteiger partial charge >= 0.3 is 0 Å². The Morgan fingerprint density at radius 1 is 1.07 bits per heavy atom. The minimum absolute atomic E-state index is 0.0433. The summed E-state index contributed by atoms with van der Waals surface area (Å²) in [6.45, 7) is 1.42. The zero-order valence-corrected chi connectivity index (χ0v) is 16.7. The Morgan fingerprint density at radius 2 is 1.82 bits per heavy atom. The van der Waals surface area contributed by atoms with Crippen molar-refractivity contribution in [1.82, 2.24) is 4.90 Å². The standard InChI is InChI=1S/C23H25ClN2O2/c24-19-10-8-18(9-11-19)23(12-1-2-13-23)22(28)25-20-6-3-5-17(15-20)16-26-14-4-7-21(26)27/h3,5-6,8-11,15H,1-2,4,7,12-14,16H2,(H,25,28). The first-order chi connectivity index (χ1) is 13.6. The lowest BCUT2D eigenvalue weighted by molar-refractivity contribution is -0.128. The van der Waals surface area contributed by atoms with E-state index in [1.54, 1.807) is 0 Å². The van der Waals surface area contributed by atoms with Crippen LogP contribution in [0.5, 0.6) is 0 Å². The molecule has 0 atom stereocenters. The average molecular weight is 397 g/mol. The molecule has 1 saturated heterocycles. The van der Waals surface area contributed by atoms with Crippen molar-refractivity contribution in [2.24, 2.45) is 0 Å². The van der Waals surface area contributed by atoms with Crippen LogP contribution in [0.25, 0.3) is 0 Å². The molecule has 0 spiro atoms. The van der Waals surface area contributed by atoms with E-state index in [1.807, 2.05) is 53.4 Å². The first-order valence-corrected chi connectivity index (χ1v) is 10.4. The van der Waals surface area contributed by atoms with Crippen molar-refractivity contribution in [3.05, 3.63) is 64.7 Å². The summed E-state index contributed by atoms with van der Waals surface area (Å²) in [5.41, 5.74) is 2.37. The molecule has 5 heteroatoms. The minimum Gasteiger partial charge on any atom is -0.338 e. The molecule has 0 bridgehead atoms. The summed E-state index contributed by atoms with van der Waals surface area (Å²) in [5.74, 6) is 0.254. The maximum atomic E-state index is 13.3. The summed E-state index contributed by atoms with van der Waals surface area (Å²) in [4.78, 5) is 27.1. The second-order valence-corrected chi connectivity index (χ2v) is 8.31. The molecule has 1 heterocycles. The predicted octanol–water partition coefficient (Wildman–Crippen LogP) is 4.91. The Balaban J connectivity index is 1.52. The number of rotatable bonds is 5. The van der Waals surface area contributed by atoms with Gasteiger partial charge in [-0.15, -0.1) is 0 Å². The van der Waals surface area contributed by atoms with Crippen LogP contribution in [0.2, 0.25) is 5.02 Å². The van der Waals surface area contributed by atoms with Gasteiger partial charge in [-0.3, -0.25) is 9.59 Å². The number of nitrogens with zero attached hydrogens (tertiary/aromatic N) is 1. The largest absolute Gasteiger partial charge is 0.338 e. The number of halogens is 1. The molecular formula is C23H25ClN2O2. The molecule has 4 rings (SSSR count). The van der Waals surface area contributed by atoms with Gasteiger partial charge in [-0.2, -0.15) is 0 Å². The van der Waals surface area contributed by atoms with Crippen LogP contribution in [-0.4, -0.2) is 23.3 Å². The van der Waals surface area contributed by atoms with Crippen LogP contribution in [0.1, 0.15) is 49.7 Å². The molecule has 0 aromatic heterocycles. The summed E-state index contributed by atoms with van der Waals surface area (Å²) in [6, 6.07) is 15.5. The monoisotopic (exact) mass is 396 g/mol. The fourth-order valence-electron chi connectivity index (χ4n) is 4.48. The maximum Gasteiger partial charge on any atom is 0.235 e. The molecule has 2 amide bonds. The average Bonchev–Trinajstić information content (AvgIpc) is 3.33. The van der Waals surface area contributed by atoms with E-state index in [4.69, 9.17) is 11.6 Å². The van der Waals surface area contributed by atoms with Crippen molar-refractivity contribution in [2.75, 3.05) is 11.9 Å². The van der Waals surface area contributed by atoms with Crippen LogP contribution in [-0.2, 0) is 21.5 Å². The SMILES string of the molecule is O=C1CCCN1Cc1cccc(NC(=O)C2(c3ccc(Cl)cc3)CCCC2)c1. The Hall–Kier alpha value is -2.33. The Kier molecular flexibility index (Phi) is 5.40. The van der Waals surface area contributed by atoms with Gasteiger partial charge in [0.2, 0.25) is 11.8 Å². The van der Waals surface area contributed by atoms with E-state index < -0.39 is 5.41 Å². The third-order valence-corrected chi connectivity index (χ3v) is 6.27. The van der Waals surface area contributed by atoms with Gasteiger partial charge in [0, 0.05) is 30.2 Å². The fourth-order valence-corrected chi connectivity index (χ4v) is 4.61. The lowest BCUT2D eigenvalue weighted by Crippen LogP contribution is -2.38. The zero-order chi connectivity index (χ0) is 19.6. The van der Waals surface area contributed by atoms with Gasteiger partial charge in [-0.05, 0) is 54.7 Å². The summed E-state index contributed by atoms with van der Waals surface area (Å²) < 4.78 is 0. The normalized spacial score (nSPS) is 18.5. The number of likely N-dealkylation sites (tertiary alicyclic amines) is 1. The minimum atomic E-state index is -0.495. The molecule has 2 fully saturated rings. The van der Waals surface area contributed by atoms with Crippen molar-refractivity contribution in [3.8, 4) is 0 Å². The lowest BCUT2D eigenvalue weighted by Gasteiger charge is -2.28. The van der Waals surface area contributed by atoms with E-state index in [-0.39, 0.29) is 11.8 Å². The molecular weight excluding hydrogens is 372 g/mol. The first kappa shape index (κ1) is 19.0. The third-order valence-electron chi connectivity index (χ3n) is 6.02. The van der Waals surface area contributed by atoms with Crippen LogP contribution in [0.15, 0.2) is 48.5 Å². The van der Waals surface area contributed by atoms with Gasteiger partial charge in [-0.1, -0.05) is 48.7 Å². The van der Waals surface area contributed by atoms with Crippen molar-refractivity contribution in [3.63, 3.8) is 0 Å². The Labute approximate surface area is 170 Å². The number of anilines is 1. The highest BCUT2D eigenvalue weighted by molar-refractivity contribution is 6.30. The number of hydrogen-bond donors (Lipinski definition) is 1. The topological polar surface area (TPSA) is 49.4 Å². The molecule has 1 saturated carbocycles. The third kappa shape index (κ3) is 3.79. The van der Waals surface area contributed by atoms with Crippen LogP contribution in [0.4, 0.5) is 5.69 Å². The summed E-state index contributed by atoms with van der Waals surface area (Å²) in [5, 5.41) is 3.82. The van der Waals surface area contributed by atoms with Crippen molar-refractivity contribution >= 4 is 29.1 Å². The molecule has 1 N–H and O–H groups in total. The van der Waals surface area contributed by atoms with E-state index in [0.29, 0.717) is 18.0 Å². The molecule has 0 unspecified atom stereocenters. The van der Waals surface area contributed by atoms with E-state index in [2.05, 4.69) is 5.32 Å². The van der Waals surface area contributed by atoms with Crippen molar-refractivity contribution in [2.45, 2.75) is 50.5 Å².